The number of fused-ring (bicyclic) bond motifs is 5. The van der Waals surface area contributed by atoms with Crippen molar-refractivity contribution in [3.8, 4) is 11.5 Å². The Hall–Kier alpha value is -1.78. The molecule has 0 heterocycles. The minimum Gasteiger partial charge on any atom is -0.493 e. The zero-order valence-electron chi connectivity index (χ0n) is 21.3. The normalized spacial score (nSPS) is 37.3. The van der Waals surface area contributed by atoms with Crippen molar-refractivity contribution in [2.24, 2.45) is 28.6 Å². The summed E-state index contributed by atoms with van der Waals surface area (Å²) in [5.41, 5.74) is 3.33. The van der Waals surface area contributed by atoms with E-state index in [-0.39, 0.29) is 16.9 Å². The maximum Gasteiger partial charge on any atom is 0.165 e. The lowest BCUT2D eigenvalue weighted by molar-refractivity contribution is -0.130. The first kappa shape index (κ1) is 24.9. The molecule has 5 heteroatoms. The number of carbonyl (C=O) groups is 1. The van der Waals surface area contributed by atoms with Gasteiger partial charge in [-0.15, -0.1) is 11.6 Å². The third-order valence-corrected chi connectivity index (χ3v) is 10.0. The Morgan fingerprint density at radius 1 is 1.11 bits per heavy atom. The van der Waals surface area contributed by atoms with Gasteiger partial charge in [0.2, 0.25) is 0 Å². The number of aliphatic hydroxyl groups is 1. The molecule has 0 spiro atoms. The van der Waals surface area contributed by atoms with E-state index in [1.54, 1.807) is 7.11 Å². The molecule has 4 nitrogen and oxygen atoms in total. The topological polar surface area (TPSA) is 55.8 Å². The fourth-order valence-electron chi connectivity index (χ4n) is 7.77. The number of carbonyl (C=O) groups excluding carboxylic acids is 1. The lowest BCUT2D eigenvalue weighted by Gasteiger charge is -2.56. The molecule has 1 aromatic carbocycles. The van der Waals surface area contributed by atoms with Crippen molar-refractivity contribution < 1.29 is 19.4 Å². The summed E-state index contributed by atoms with van der Waals surface area (Å²) in [5.74, 6) is 3.83. The maximum absolute atomic E-state index is 13.8. The van der Waals surface area contributed by atoms with Crippen LogP contribution in [0.5, 0.6) is 11.5 Å². The number of ether oxygens (including phenoxy) is 2. The van der Waals surface area contributed by atoms with Gasteiger partial charge >= 0.3 is 0 Å². The second-order valence-electron chi connectivity index (χ2n) is 11.6. The third kappa shape index (κ3) is 4.25. The van der Waals surface area contributed by atoms with Crippen molar-refractivity contribution in [3.63, 3.8) is 0 Å². The van der Waals surface area contributed by atoms with Crippen molar-refractivity contribution in [2.75, 3.05) is 19.6 Å². The molecular weight excluding hydrogens is 460 g/mol. The van der Waals surface area contributed by atoms with Crippen molar-refractivity contribution >= 4 is 23.5 Å². The highest BCUT2D eigenvalue weighted by Gasteiger charge is 2.59. The lowest BCUT2D eigenvalue weighted by atomic mass is 9.48. The number of allylic oxidation sites excluding steroid dienone is 2. The highest BCUT2D eigenvalue weighted by atomic mass is 35.5. The van der Waals surface area contributed by atoms with Crippen LogP contribution in [0.15, 0.2) is 35.4 Å². The Balaban J connectivity index is 1.40. The van der Waals surface area contributed by atoms with Gasteiger partial charge in [0, 0.05) is 11.3 Å². The molecule has 6 atom stereocenters. The van der Waals surface area contributed by atoms with E-state index in [0.29, 0.717) is 47.5 Å². The summed E-state index contributed by atoms with van der Waals surface area (Å²) in [5, 5.41) is 10.3. The number of alkyl halides is 1. The molecule has 4 aliphatic rings. The largest absolute Gasteiger partial charge is 0.493 e. The molecule has 5 rings (SSSR count). The third-order valence-electron chi connectivity index (χ3n) is 9.78. The Bertz CT molecular complexity index is 1040. The fraction of sp³-hybridized carbons (Fsp3) is 0.633. The highest BCUT2D eigenvalue weighted by Crippen LogP contribution is 2.64. The molecule has 0 radical (unpaired) electrons. The number of Topliss-reactive ketones (excluding diaryl/α,β-unsaturated/α-hetero) is 1. The molecule has 0 aliphatic heterocycles. The molecule has 1 aromatic rings. The van der Waals surface area contributed by atoms with E-state index >= 15 is 0 Å². The molecule has 3 saturated carbocycles. The van der Waals surface area contributed by atoms with Crippen LogP contribution in [-0.2, 0) is 4.79 Å². The molecule has 0 aromatic heterocycles. The van der Waals surface area contributed by atoms with Gasteiger partial charge in [0.25, 0.3) is 0 Å². The Morgan fingerprint density at radius 2 is 1.91 bits per heavy atom. The summed E-state index contributed by atoms with van der Waals surface area (Å²) in [6, 6.07) is 5.90. The van der Waals surface area contributed by atoms with Crippen molar-refractivity contribution in [3.05, 3.63) is 41.0 Å². The minimum absolute atomic E-state index is 0.184. The summed E-state index contributed by atoms with van der Waals surface area (Å²) in [6.45, 7) is 5.20. The van der Waals surface area contributed by atoms with E-state index in [4.69, 9.17) is 21.1 Å². The second kappa shape index (κ2) is 9.59. The van der Waals surface area contributed by atoms with E-state index in [2.05, 4.69) is 26.0 Å². The summed E-state index contributed by atoms with van der Waals surface area (Å²) in [4.78, 5) is 13.8. The first-order valence-electron chi connectivity index (χ1n) is 13.3. The number of methoxy groups -OCH3 is 1. The molecule has 0 saturated heterocycles. The monoisotopic (exact) mass is 498 g/mol. The molecule has 1 N–H and O–H groups in total. The maximum atomic E-state index is 13.8. The molecule has 0 bridgehead atoms. The average molecular weight is 499 g/mol. The quantitative estimate of drug-likeness (QED) is 0.208. The van der Waals surface area contributed by atoms with Crippen molar-refractivity contribution in [1.29, 1.82) is 0 Å². The minimum atomic E-state index is -0.266. The van der Waals surface area contributed by atoms with Crippen LogP contribution < -0.4 is 9.47 Å². The zero-order chi connectivity index (χ0) is 24.8. The Morgan fingerprint density at radius 3 is 2.69 bits per heavy atom. The molecule has 190 valence electrons. The SMILES string of the molecule is COc1cc(C=C2C[C@H]3[C@@H]4CC=C5CC(O)CC[C@]5(C)[C@@H]4CC[C@]3(C)C2=O)ccc1OCCCCl. The molecule has 35 heavy (non-hydrogen) atoms. The van der Waals surface area contributed by atoms with Crippen LogP contribution in [0.3, 0.4) is 0 Å². The number of rotatable bonds is 6. The Labute approximate surface area is 214 Å². The van der Waals surface area contributed by atoms with Gasteiger partial charge in [-0.05, 0) is 104 Å². The zero-order valence-corrected chi connectivity index (χ0v) is 22.1. The van der Waals surface area contributed by atoms with E-state index in [9.17, 15) is 9.90 Å². The second-order valence-corrected chi connectivity index (χ2v) is 12.0. The number of hydrogen-bond donors (Lipinski definition) is 1. The van der Waals surface area contributed by atoms with Gasteiger partial charge in [0.1, 0.15) is 0 Å². The van der Waals surface area contributed by atoms with Crippen LogP contribution in [0.25, 0.3) is 6.08 Å². The number of ketones is 1. The van der Waals surface area contributed by atoms with Crippen LogP contribution in [0.2, 0.25) is 0 Å². The van der Waals surface area contributed by atoms with Crippen LogP contribution in [-0.4, -0.2) is 36.6 Å². The summed E-state index contributed by atoms with van der Waals surface area (Å²) in [7, 11) is 1.65. The van der Waals surface area contributed by atoms with Crippen LogP contribution >= 0.6 is 11.6 Å². The summed E-state index contributed by atoms with van der Waals surface area (Å²) < 4.78 is 11.4. The summed E-state index contributed by atoms with van der Waals surface area (Å²) in [6.07, 6.45) is 11.9. The molecular formula is C30H39ClO4. The van der Waals surface area contributed by atoms with Crippen LogP contribution in [0, 0.1) is 28.6 Å². The number of hydrogen-bond acceptors (Lipinski definition) is 4. The van der Waals surface area contributed by atoms with E-state index in [1.165, 1.54) is 5.57 Å². The van der Waals surface area contributed by atoms with E-state index in [0.717, 1.165) is 62.5 Å². The summed E-state index contributed by atoms with van der Waals surface area (Å²) >= 11 is 5.76. The average Bonchev–Trinajstić information content (AvgIpc) is 3.10. The van der Waals surface area contributed by atoms with Crippen molar-refractivity contribution in [1.82, 2.24) is 0 Å². The van der Waals surface area contributed by atoms with Gasteiger partial charge in [0.15, 0.2) is 17.3 Å². The van der Waals surface area contributed by atoms with Gasteiger partial charge in [-0.25, -0.2) is 0 Å². The van der Waals surface area contributed by atoms with Crippen LogP contribution in [0.4, 0.5) is 0 Å². The lowest BCUT2D eigenvalue weighted by Crippen LogP contribution is -2.50. The number of aliphatic hydroxyl groups excluding tert-OH is 1. The van der Waals surface area contributed by atoms with Gasteiger partial charge in [-0.3, -0.25) is 4.79 Å². The van der Waals surface area contributed by atoms with Gasteiger partial charge in [0.05, 0.1) is 19.8 Å². The first-order chi connectivity index (χ1) is 16.8. The predicted octanol–water partition coefficient (Wildman–Crippen LogP) is 6.59. The Kier molecular flexibility index (Phi) is 6.82. The van der Waals surface area contributed by atoms with E-state index in [1.807, 2.05) is 18.2 Å². The van der Waals surface area contributed by atoms with Gasteiger partial charge in [-0.1, -0.05) is 31.6 Å². The van der Waals surface area contributed by atoms with Crippen molar-refractivity contribution in [2.45, 2.75) is 71.3 Å². The molecule has 4 aliphatic carbocycles. The molecule has 1 unspecified atom stereocenters. The molecule has 0 amide bonds. The first-order valence-corrected chi connectivity index (χ1v) is 13.8. The number of halogens is 1. The fourth-order valence-corrected chi connectivity index (χ4v) is 7.88. The van der Waals surface area contributed by atoms with Gasteiger partial charge in [-0.2, -0.15) is 0 Å². The van der Waals surface area contributed by atoms with Gasteiger partial charge < -0.3 is 14.6 Å². The van der Waals surface area contributed by atoms with Crippen LogP contribution in [0.1, 0.15) is 70.8 Å². The standard InChI is InChI=1S/C30H39ClO4/c1-29-11-9-22(32)18-21(29)6-7-23-24(29)10-12-30(2)25(23)17-20(28(30)33)15-19-5-8-26(27(16-19)34-3)35-14-4-13-31/h5-6,8,15-16,22-25,32H,4,7,9-14,17-18H2,1-3H3/t22?,23-,24-,25+,29+,30+/m1/s1. The predicted molar refractivity (Wildman–Crippen MR) is 140 cm³/mol. The van der Waals surface area contributed by atoms with E-state index < -0.39 is 0 Å². The highest BCUT2D eigenvalue weighted by molar-refractivity contribution is 6.17. The smallest absolute Gasteiger partial charge is 0.165 e. The molecule has 3 fully saturated rings. The number of benzene rings is 1.